The molecule has 1 fully saturated rings. The van der Waals surface area contributed by atoms with Gasteiger partial charge in [0.2, 0.25) is 0 Å². The van der Waals surface area contributed by atoms with Crippen molar-refractivity contribution in [3.63, 3.8) is 0 Å². The van der Waals surface area contributed by atoms with E-state index in [2.05, 4.69) is 0 Å². The van der Waals surface area contributed by atoms with Crippen LogP contribution in [-0.4, -0.2) is 37.2 Å². The standard InChI is InChI=1S/C18H23NO6S/c1-2-24-16(20)10-13-19(26(22)23)18(11-6-7-12-18)17(21)25-14-15-8-4-3-5-9-15/h3-5,8-10,13H,2,6-7,11-12,14H2,1H3,(H,22,23)/b13-10+. The molecule has 1 unspecified atom stereocenters. The number of ether oxygens (including phenoxy) is 2. The van der Waals surface area contributed by atoms with Crippen molar-refractivity contribution >= 4 is 23.2 Å². The third-order valence-electron chi connectivity index (χ3n) is 4.25. The summed E-state index contributed by atoms with van der Waals surface area (Å²) in [4.78, 5) is 24.3. The van der Waals surface area contributed by atoms with Crippen LogP contribution in [0.4, 0.5) is 0 Å². The van der Waals surface area contributed by atoms with Gasteiger partial charge in [0.1, 0.15) is 6.61 Å². The Balaban J connectivity index is 2.17. The van der Waals surface area contributed by atoms with Crippen molar-refractivity contribution in [1.82, 2.24) is 4.31 Å². The van der Waals surface area contributed by atoms with E-state index in [9.17, 15) is 18.4 Å². The van der Waals surface area contributed by atoms with Crippen LogP contribution in [0.2, 0.25) is 0 Å². The first-order valence-electron chi connectivity index (χ1n) is 8.46. The van der Waals surface area contributed by atoms with Crippen LogP contribution in [-0.2, 0) is 36.9 Å². The van der Waals surface area contributed by atoms with Crippen molar-refractivity contribution < 1.29 is 27.8 Å². The van der Waals surface area contributed by atoms with Crippen molar-refractivity contribution in [2.75, 3.05) is 6.61 Å². The molecule has 0 aliphatic heterocycles. The lowest BCUT2D eigenvalue weighted by molar-refractivity contribution is -0.155. The molecule has 142 valence electrons. The second-order valence-corrected chi connectivity index (χ2v) is 6.78. The topological polar surface area (TPSA) is 93.1 Å². The molecule has 1 atom stereocenters. The quantitative estimate of drug-likeness (QED) is 0.423. The Morgan fingerprint density at radius 1 is 1.23 bits per heavy atom. The van der Waals surface area contributed by atoms with E-state index in [1.807, 2.05) is 30.3 Å². The summed E-state index contributed by atoms with van der Waals surface area (Å²) in [5, 5.41) is 0. The predicted molar refractivity (Wildman–Crippen MR) is 95.8 cm³/mol. The van der Waals surface area contributed by atoms with Gasteiger partial charge in [-0.05, 0) is 25.3 Å². The summed E-state index contributed by atoms with van der Waals surface area (Å²) in [6, 6.07) is 9.20. The van der Waals surface area contributed by atoms with E-state index in [1.165, 1.54) is 0 Å². The first-order valence-corrected chi connectivity index (χ1v) is 9.52. The van der Waals surface area contributed by atoms with Gasteiger partial charge < -0.3 is 9.47 Å². The first kappa shape index (κ1) is 20.1. The maximum atomic E-state index is 12.8. The van der Waals surface area contributed by atoms with Crippen molar-refractivity contribution in [2.24, 2.45) is 0 Å². The summed E-state index contributed by atoms with van der Waals surface area (Å²) in [6.07, 6.45) is 4.38. The molecule has 1 aromatic carbocycles. The Kier molecular flexibility index (Phi) is 7.35. The van der Waals surface area contributed by atoms with E-state index in [0.717, 1.165) is 35.0 Å². The maximum absolute atomic E-state index is 12.8. The summed E-state index contributed by atoms with van der Waals surface area (Å²) < 4.78 is 32.8. The molecule has 0 aromatic heterocycles. The van der Waals surface area contributed by atoms with E-state index in [0.29, 0.717) is 12.8 Å². The Morgan fingerprint density at radius 3 is 2.46 bits per heavy atom. The first-order chi connectivity index (χ1) is 12.5. The lowest BCUT2D eigenvalue weighted by Gasteiger charge is -2.35. The fourth-order valence-electron chi connectivity index (χ4n) is 2.99. The molecule has 0 bridgehead atoms. The lowest BCUT2D eigenvalue weighted by atomic mass is 9.98. The second kappa shape index (κ2) is 9.49. The van der Waals surface area contributed by atoms with Crippen LogP contribution in [0.1, 0.15) is 38.2 Å². The van der Waals surface area contributed by atoms with E-state index in [4.69, 9.17) is 9.47 Å². The number of esters is 2. The molecular weight excluding hydrogens is 358 g/mol. The molecule has 1 N–H and O–H groups in total. The normalized spacial score (nSPS) is 17.0. The van der Waals surface area contributed by atoms with Gasteiger partial charge in [-0.25, -0.2) is 13.8 Å². The van der Waals surface area contributed by atoms with Crippen molar-refractivity contribution in [2.45, 2.75) is 44.8 Å². The van der Waals surface area contributed by atoms with Gasteiger partial charge in [0.25, 0.3) is 11.3 Å². The Morgan fingerprint density at radius 2 is 1.88 bits per heavy atom. The number of rotatable bonds is 8. The second-order valence-electron chi connectivity index (χ2n) is 5.92. The van der Waals surface area contributed by atoms with Crippen molar-refractivity contribution in [3.05, 3.63) is 48.2 Å². The van der Waals surface area contributed by atoms with Gasteiger partial charge in [0.15, 0.2) is 5.54 Å². The minimum absolute atomic E-state index is 0.0783. The summed E-state index contributed by atoms with van der Waals surface area (Å²) in [5.74, 6) is -1.22. The minimum atomic E-state index is -2.48. The fraction of sp³-hybridized carbons (Fsp3) is 0.444. The van der Waals surface area contributed by atoms with Gasteiger partial charge >= 0.3 is 11.9 Å². The van der Waals surface area contributed by atoms with Gasteiger partial charge in [0, 0.05) is 12.3 Å². The zero-order valence-corrected chi connectivity index (χ0v) is 15.4. The zero-order valence-electron chi connectivity index (χ0n) is 14.6. The van der Waals surface area contributed by atoms with E-state index in [1.54, 1.807) is 6.92 Å². The van der Waals surface area contributed by atoms with Crippen LogP contribution in [0.15, 0.2) is 42.6 Å². The van der Waals surface area contributed by atoms with Crippen molar-refractivity contribution in [3.8, 4) is 0 Å². The molecular formula is C18H23NO6S. The molecule has 0 amide bonds. The highest BCUT2D eigenvalue weighted by molar-refractivity contribution is 7.76. The molecule has 2 rings (SSSR count). The van der Waals surface area contributed by atoms with Crippen molar-refractivity contribution in [1.29, 1.82) is 0 Å². The highest BCUT2D eigenvalue weighted by atomic mass is 32.2. The molecule has 26 heavy (non-hydrogen) atoms. The van der Waals surface area contributed by atoms with Crippen LogP contribution < -0.4 is 0 Å². The highest BCUT2D eigenvalue weighted by Crippen LogP contribution is 2.37. The van der Waals surface area contributed by atoms with Crippen LogP contribution in [0.3, 0.4) is 0 Å². The van der Waals surface area contributed by atoms with E-state index in [-0.39, 0.29) is 13.2 Å². The summed E-state index contributed by atoms with van der Waals surface area (Å²) in [5.41, 5.74) is -0.440. The molecule has 7 nitrogen and oxygen atoms in total. The van der Waals surface area contributed by atoms with E-state index < -0.39 is 28.7 Å². The fourth-order valence-corrected chi connectivity index (χ4v) is 3.72. The van der Waals surface area contributed by atoms with Crippen LogP contribution in [0.25, 0.3) is 0 Å². The van der Waals surface area contributed by atoms with E-state index >= 15 is 0 Å². The van der Waals surface area contributed by atoms with Gasteiger partial charge in [-0.2, -0.15) is 0 Å². The van der Waals surface area contributed by atoms with Gasteiger partial charge in [-0.1, -0.05) is 43.2 Å². The highest BCUT2D eigenvalue weighted by Gasteiger charge is 2.49. The number of nitrogens with zero attached hydrogens (tertiary/aromatic N) is 1. The summed E-state index contributed by atoms with van der Waals surface area (Å²) in [7, 11) is 0. The molecule has 0 heterocycles. The molecule has 0 saturated heterocycles. The molecule has 1 saturated carbocycles. The zero-order chi connectivity index (χ0) is 19.0. The molecule has 1 aliphatic carbocycles. The SMILES string of the molecule is CCOC(=O)/C=C/N(S(=O)O)C1(C(=O)OCc2ccccc2)CCCC1. The van der Waals surface area contributed by atoms with Gasteiger partial charge in [-0.3, -0.25) is 8.86 Å². The molecule has 8 heteroatoms. The minimum Gasteiger partial charge on any atom is -0.463 e. The average molecular weight is 381 g/mol. The third kappa shape index (κ3) is 4.92. The van der Waals surface area contributed by atoms with Crippen LogP contribution >= 0.6 is 0 Å². The van der Waals surface area contributed by atoms with Crippen LogP contribution in [0, 0.1) is 0 Å². The third-order valence-corrected chi connectivity index (χ3v) is 5.05. The summed E-state index contributed by atoms with van der Waals surface area (Å²) >= 11 is -2.48. The van der Waals surface area contributed by atoms with Crippen LogP contribution in [0.5, 0.6) is 0 Å². The number of hydrogen-bond donors (Lipinski definition) is 1. The monoisotopic (exact) mass is 381 g/mol. The molecule has 0 spiro atoms. The molecule has 1 aliphatic rings. The number of hydrogen-bond acceptors (Lipinski definition) is 5. The maximum Gasteiger partial charge on any atom is 0.333 e. The molecule has 0 radical (unpaired) electrons. The summed E-state index contributed by atoms with van der Waals surface area (Å²) in [6.45, 7) is 1.93. The largest absolute Gasteiger partial charge is 0.463 e. The molecule has 1 aromatic rings. The Labute approximate surface area is 155 Å². The smallest absolute Gasteiger partial charge is 0.333 e. The Hall–Kier alpha value is -2.19. The number of carbonyl (C=O) groups excluding carboxylic acids is 2. The average Bonchev–Trinajstić information content (AvgIpc) is 3.11. The Bertz CT molecular complexity index is 670. The lowest BCUT2D eigenvalue weighted by Crippen LogP contribution is -2.51. The number of carbonyl (C=O) groups is 2. The number of benzene rings is 1. The van der Waals surface area contributed by atoms with Gasteiger partial charge in [-0.15, -0.1) is 0 Å². The van der Waals surface area contributed by atoms with Gasteiger partial charge in [0.05, 0.1) is 6.61 Å². The predicted octanol–water partition coefficient (Wildman–Crippen LogP) is 2.56.